The Hall–Kier alpha value is -0.860. The van der Waals surface area contributed by atoms with Crippen LogP contribution in [0.4, 0.5) is 0 Å². The lowest BCUT2D eigenvalue weighted by Gasteiger charge is -2.40. The number of rotatable bonds is 3. The predicted octanol–water partition coefficient (Wildman–Crippen LogP) is 3.39. The first-order chi connectivity index (χ1) is 8.78. The molecule has 0 aliphatic heterocycles. The molecule has 0 radical (unpaired) electrons. The van der Waals surface area contributed by atoms with Crippen molar-refractivity contribution in [1.82, 2.24) is 5.32 Å². The van der Waals surface area contributed by atoms with E-state index >= 15 is 0 Å². The van der Waals surface area contributed by atoms with Crippen LogP contribution in [0.15, 0.2) is 24.3 Å². The highest BCUT2D eigenvalue weighted by atomic mass is 16.5. The van der Waals surface area contributed by atoms with Gasteiger partial charge >= 0.3 is 0 Å². The monoisotopic (exact) mass is 245 g/mol. The van der Waals surface area contributed by atoms with Gasteiger partial charge in [0.05, 0.1) is 6.10 Å². The van der Waals surface area contributed by atoms with E-state index in [9.17, 15) is 0 Å². The SMILES string of the molecule is COC1CC(NC2CCC(C)c3ccccc32)C1. The summed E-state index contributed by atoms with van der Waals surface area (Å²) in [6, 6.07) is 10.1. The molecule has 1 saturated carbocycles. The average Bonchev–Trinajstić information content (AvgIpc) is 2.36. The average molecular weight is 245 g/mol. The molecule has 0 bridgehead atoms. The van der Waals surface area contributed by atoms with Gasteiger partial charge in [0, 0.05) is 19.2 Å². The van der Waals surface area contributed by atoms with Gasteiger partial charge in [-0.15, -0.1) is 0 Å². The van der Waals surface area contributed by atoms with Crippen LogP contribution in [0.25, 0.3) is 0 Å². The molecule has 98 valence electrons. The quantitative estimate of drug-likeness (QED) is 0.881. The number of nitrogens with one attached hydrogen (secondary N) is 1. The fourth-order valence-corrected chi connectivity index (χ4v) is 3.36. The molecular weight excluding hydrogens is 222 g/mol. The Morgan fingerprint density at radius 3 is 2.56 bits per heavy atom. The van der Waals surface area contributed by atoms with Crippen LogP contribution < -0.4 is 5.32 Å². The molecule has 0 spiro atoms. The van der Waals surface area contributed by atoms with Gasteiger partial charge in [0.2, 0.25) is 0 Å². The third-order valence-electron chi connectivity index (χ3n) is 4.66. The Labute approximate surface area is 110 Å². The molecule has 3 rings (SSSR count). The van der Waals surface area contributed by atoms with E-state index in [0.717, 1.165) is 0 Å². The Bertz CT molecular complexity index is 411. The highest BCUT2D eigenvalue weighted by Gasteiger charge is 2.32. The number of hydrogen-bond donors (Lipinski definition) is 1. The first-order valence-corrected chi connectivity index (χ1v) is 7.15. The van der Waals surface area contributed by atoms with Crippen LogP contribution in [-0.2, 0) is 4.74 Å². The lowest BCUT2D eigenvalue weighted by molar-refractivity contribution is 0.0134. The molecule has 2 aliphatic rings. The van der Waals surface area contributed by atoms with Crippen molar-refractivity contribution < 1.29 is 4.74 Å². The molecule has 2 nitrogen and oxygen atoms in total. The van der Waals surface area contributed by atoms with Crippen LogP contribution in [0.5, 0.6) is 0 Å². The molecule has 2 aliphatic carbocycles. The molecular formula is C16H23NO. The molecule has 1 aromatic carbocycles. The molecule has 0 saturated heterocycles. The lowest BCUT2D eigenvalue weighted by Crippen LogP contribution is -2.47. The minimum Gasteiger partial charge on any atom is -0.381 e. The standard InChI is InChI=1S/C16H23NO/c1-11-7-8-16(15-6-4-3-5-14(11)15)17-12-9-13(10-12)18-2/h3-6,11-13,16-17H,7-10H2,1-2H3. The topological polar surface area (TPSA) is 21.3 Å². The zero-order valence-electron chi connectivity index (χ0n) is 11.4. The van der Waals surface area contributed by atoms with Gasteiger partial charge in [-0.3, -0.25) is 0 Å². The van der Waals surface area contributed by atoms with E-state index in [2.05, 4.69) is 36.5 Å². The van der Waals surface area contributed by atoms with Gasteiger partial charge in [0.1, 0.15) is 0 Å². The molecule has 1 aromatic rings. The Morgan fingerprint density at radius 2 is 1.83 bits per heavy atom. The zero-order valence-corrected chi connectivity index (χ0v) is 11.4. The first kappa shape index (κ1) is 12.2. The van der Waals surface area contributed by atoms with Crippen molar-refractivity contribution >= 4 is 0 Å². The van der Waals surface area contributed by atoms with Gasteiger partial charge in [-0.1, -0.05) is 31.2 Å². The lowest BCUT2D eigenvalue weighted by atomic mass is 9.79. The van der Waals surface area contributed by atoms with Crippen molar-refractivity contribution in [3.05, 3.63) is 35.4 Å². The fourth-order valence-electron chi connectivity index (χ4n) is 3.36. The minimum atomic E-state index is 0.486. The number of fused-ring (bicyclic) bond motifs is 1. The maximum atomic E-state index is 5.35. The Kier molecular flexibility index (Phi) is 3.40. The normalized spacial score (nSPS) is 34.8. The summed E-state index contributed by atoms with van der Waals surface area (Å²) in [4.78, 5) is 0. The van der Waals surface area contributed by atoms with Gasteiger partial charge < -0.3 is 10.1 Å². The summed E-state index contributed by atoms with van der Waals surface area (Å²) < 4.78 is 5.35. The van der Waals surface area contributed by atoms with E-state index in [0.29, 0.717) is 24.1 Å². The number of methoxy groups -OCH3 is 1. The molecule has 0 heterocycles. The summed E-state index contributed by atoms with van der Waals surface area (Å²) in [5.74, 6) is 0.715. The second-order valence-electron chi connectivity index (χ2n) is 5.85. The molecule has 2 atom stereocenters. The molecule has 0 aromatic heterocycles. The number of hydrogen-bond acceptors (Lipinski definition) is 2. The van der Waals surface area contributed by atoms with Gasteiger partial charge in [-0.2, -0.15) is 0 Å². The molecule has 18 heavy (non-hydrogen) atoms. The van der Waals surface area contributed by atoms with E-state index in [1.54, 1.807) is 5.56 Å². The highest BCUT2D eigenvalue weighted by molar-refractivity contribution is 5.35. The van der Waals surface area contributed by atoms with Gasteiger partial charge in [-0.05, 0) is 42.7 Å². The molecule has 1 N–H and O–H groups in total. The smallest absolute Gasteiger partial charge is 0.0601 e. The van der Waals surface area contributed by atoms with Gasteiger partial charge in [-0.25, -0.2) is 0 Å². The van der Waals surface area contributed by atoms with Crippen molar-refractivity contribution in [2.45, 2.75) is 56.7 Å². The van der Waals surface area contributed by atoms with Gasteiger partial charge in [0.15, 0.2) is 0 Å². The fraction of sp³-hybridized carbons (Fsp3) is 0.625. The van der Waals surface area contributed by atoms with E-state index in [-0.39, 0.29) is 0 Å². The van der Waals surface area contributed by atoms with Crippen LogP contribution in [0.2, 0.25) is 0 Å². The third kappa shape index (κ3) is 2.19. The maximum absolute atomic E-state index is 5.35. The van der Waals surface area contributed by atoms with Crippen molar-refractivity contribution in [1.29, 1.82) is 0 Å². The number of benzene rings is 1. The molecule has 0 amide bonds. The Morgan fingerprint density at radius 1 is 1.11 bits per heavy atom. The second kappa shape index (κ2) is 5.02. The molecule has 1 fully saturated rings. The summed E-state index contributed by atoms with van der Waals surface area (Å²) in [6.45, 7) is 2.35. The second-order valence-corrected chi connectivity index (χ2v) is 5.85. The largest absolute Gasteiger partial charge is 0.381 e. The summed E-state index contributed by atoms with van der Waals surface area (Å²) in [5, 5.41) is 3.82. The van der Waals surface area contributed by atoms with Gasteiger partial charge in [0.25, 0.3) is 0 Å². The van der Waals surface area contributed by atoms with Crippen molar-refractivity contribution in [2.75, 3.05) is 7.11 Å². The minimum absolute atomic E-state index is 0.486. The van der Waals surface area contributed by atoms with Crippen LogP contribution in [0.3, 0.4) is 0 Å². The number of ether oxygens (including phenoxy) is 1. The van der Waals surface area contributed by atoms with Crippen LogP contribution >= 0.6 is 0 Å². The van der Waals surface area contributed by atoms with E-state index in [1.807, 2.05) is 7.11 Å². The van der Waals surface area contributed by atoms with Crippen LogP contribution in [0.1, 0.15) is 55.7 Å². The maximum Gasteiger partial charge on any atom is 0.0601 e. The summed E-state index contributed by atoms with van der Waals surface area (Å²) >= 11 is 0. The van der Waals surface area contributed by atoms with E-state index in [4.69, 9.17) is 4.74 Å². The highest BCUT2D eigenvalue weighted by Crippen LogP contribution is 2.38. The first-order valence-electron chi connectivity index (χ1n) is 7.15. The third-order valence-corrected chi connectivity index (χ3v) is 4.66. The van der Waals surface area contributed by atoms with Crippen molar-refractivity contribution in [3.63, 3.8) is 0 Å². The summed E-state index contributed by atoms with van der Waals surface area (Å²) in [7, 11) is 1.82. The van der Waals surface area contributed by atoms with Crippen molar-refractivity contribution in [3.8, 4) is 0 Å². The molecule has 2 unspecified atom stereocenters. The summed E-state index contributed by atoms with van der Waals surface area (Å²) in [5.41, 5.74) is 3.07. The van der Waals surface area contributed by atoms with Crippen LogP contribution in [0, 0.1) is 0 Å². The molecule has 2 heteroatoms. The van der Waals surface area contributed by atoms with Crippen LogP contribution in [-0.4, -0.2) is 19.3 Å². The zero-order chi connectivity index (χ0) is 12.5. The van der Waals surface area contributed by atoms with Crippen molar-refractivity contribution in [2.24, 2.45) is 0 Å². The predicted molar refractivity (Wildman–Crippen MR) is 73.8 cm³/mol. The van der Waals surface area contributed by atoms with E-state index < -0.39 is 0 Å². The Balaban J connectivity index is 1.69. The van der Waals surface area contributed by atoms with E-state index in [1.165, 1.54) is 31.2 Å². The summed E-state index contributed by atoms with van der Waals surface area (Å²) in [6.07, 6.45) is 5.40.